The van der Waals surface area contributed by atoms with Crippen molar-refractivity contribution in [3.8, 4) is 0 Å². The van der Waals surface area contributed by atoms with Gasteiger partial charge < -0.3 is 10.6 Å². The van der Waals surface area contributed by atoms with Crippen LogP contribution in [0.3, 0.4) is 0 Å². The predicted octanol–water partition coefficient (Wildman–Crippen LogP) is 4.47. The van der Waals surface area contributed by atoms with E-state index in [0.717, 1.165) is 45.6 Å². The minimum absolute atomic E-state index is 0. The molecule has 2 aromatic rings. The Hall–Kier alpha value is -1.07. The monoisotopic (exact) mass is 437 g/mol. The minimum Gasteiger partial charge on any atom is -0.368 e. The molecule has 1 aliphatic rings. The standard InChI is InChI=1S/C21H28BrN3.ClH/c1-2-19(23)14-18-8-9-21(20(22)15-18)25-12-10-24(11-13-25)16-17-6-4-3-5-7-17;/h3-9,15,19H,2,10-14,16,23H2,1H3;1H. The highest BCUT2D eigenvalue weighted by molar-refractivity contribution is 9.10. The molecule has 0 amide bonds. The first kappa shape index (κ1) is 21.2. The van der Waals surface area contributed by atoms with Crippen LogP contribution in [-0.2, 0) is 13.0 Å². The van der Waals surface area contributed by atoms with Crippen LogP contribution in [0.2, 0.25) is 0 Å². The summed E-state index contributed by atoms with van der Waals surface area (Å²) in [7, 11) is 0. The van der Waals surface area contributed by atoms with E-state index in [1.165, 1.54) is 21.3 Å². The molecule has 26 heavy (non-hydrogen) atoms. The molecule has 0 spiro atoms. The lowest BCUT2D eigenvalue weighted by Crippen LogP contribution is -2.46. The molecule has 1 unspecified atom stereocenters. The Morgan fingerprint density at radius 2 is 1.69 bits per heavy atom. The van der Waals surface area contributed by atoms with Gasteiger partial charge in [-0.3, -0.25) is 4.90 Å². The van der Waals surface area contributed by atoms with Crippen molar-refractivity contribution in [1.29, 1.82) is 0 Å². The average molecular weight is 439 g/mol. The number of rotatable bonds is 6. The summed E-state index contributed by atoms with van der Waals surface area (Å²) in [6, 6.07) is 17.7. The smallest absolute Gasteiger partial charge is 0.0511 e. The fourth-order valence-electron chi connectivity index (χ4n) is 3.37. The first-order valence-corrected chi connectivity index (χ1v) is 10.00. The van der Waals surface area contributed by atoms with Gasteiger partial charge in [0.1, 0.15) is 0 Å². The van der Waals surface area contributed by atoms with Gasteiger partial charge in [0.05, 0.1) is 5.69 Å². The zero-order valence-corrected chi connectivity index (χ0v) is 17.8. The maximum Gasteiger partial charge on any atom is 0.0511 e. The number of benzene rings is 2. The number of nitrogens with two attached hydrogens (primary N) is 1. The first-order chi connectivity index (χ1) is 12.2. The van der Waals surface area contributed by atoms with E-state index in [1.807, 2.05) is 0 Å². The Bertz CT molecular complexity index is 672. The fourth-order valence-corrected chi connectivity index (χ4v) is 4.05. The molecule has 3 rings (SSSR count). The summed E-state index contributed by atoms with van der Waals surface area (Å²) < 4.78 is 1.19. The van der Waals surface area contributed by atoms with Crippen LogP contribution in [0.1, 0.15) is 24.5 Å². The van der Waals surface area contributed by atoms with E-state index >= 15 is 0 Å². The highest BCUT2D eigenvalue weighted by Crippen LogP contribution is 2.29. The second-order valence-corrected chi connectivity index (χ2v) is 7.76. The summed E-state index contributed by atoms with van der Waals surface area (Å²) in [5, 5.41) is 0. The number of nitrogens with zero attached hydrogens (tertiary/aromatic N) is 2. The molecule has 1 heterocycles. The molecule has 1 aliphatic heterocycles. The van der Waals surface area contributed by atoms with E-state index in [2.05, 4.69) is 81.2 Å². The van der Waals surface area contributed by atoms with Gasteiger partial charge in [-0.2, -0.15) is 0 Å². The summed E-state index contributed by atoms with van der Waals surface area (Å²) in [6.45, 7) is 7.53. The van der Waals surface area contributed by atoms with Gasteiger partial charge in [-0.15, -0.1) is 12.4 Å². The van der Waals surface area contributed by atoms with Crippen LogP contribution >= 0.6 is 28.3 Å². The van der Waals surface area contributed by atoms with Crippen molar-refractivity contribution in [1.82, 2.24) is 4.90 Å². The van der Waals surface area contributed by atoms with Crippen molar-refractivity contribution in [3.63, 3.8) is 0 Å². The SMILES string of the molecule is CCC(N)Cc1ccc(N2CCN(Cc3ccccc3)CC2)c(Br)c1.Cl. The van der Waals surface area contributed by atoms with Gasteiger partial charge in [0.15, 0.2) is 0 Å². The molecular weight excluding hydrogens is 410 g/mol. The molecule has 1 saturated heterocycles. The second kappa shape index (κ2) is 10.3. The molecule has 1 atom stereocenters. The normalized spacial score (nSPS) is 16.2. The van der Waals surface area contributed by atoms with E-state index in [0.29, 0.717) is 0 Å². The van der Waals surface area contributed by atoms with Crippen molar-refractivity contribution in [2.45, 2.75) is 32.4 Å². The minimum atomic E-state index is 0. The molecule has 0 radical (unpaired) electrons. The number of hydrogen-bond acceptors (Lipinski definition) is 3. The van der Waals surface area contributed by atoms with Gasteiger partial charge in [0.2, 0.25) is 0 Å². The number of hydrogen-bond donors (Lipinski definition) is 1. The summed E-state index contributed by atoms with van der Waals surface area (Å²) in [6.07, 6.45) is 1.96. The van der Waals surface area contributed by atoms with Gasteiger partial charge in [0.25, 0.3) is 0 Å². The van der Waals surface area contributed by atoms with Crippen LogP contribution in [0.4, 0.5) is 5.69 Å². The van der Waals surface area contributed by atoms with Crippen LogP contribution in [0, 0.1) is 0 Å². The summed E-state index contributed by atoms with van der Waals surface area (Å²) in [4.78, 5) is 5.02. The molecule has 2 aromatic carbocycles. The molecule has 0 saturated carbocycles. The maximum atomic E-state index is 6.08. The van der Waals surface area contributed by atoms with Gasteiger partial charge in [-0.05, 0) is 52.0 Å². The van der Waals surface area contributed by atoms with E-state index in [9.17, 15) is 0 Å². The van der Waals surface area contributed by atoms with Gasteiger partial charge >= 0.3 is 0 Å². The van der Waals surface area contributed by atoms with Gasteiger partial charge in [0, 0.05) is 43.2 Å². The van der Waals surface area contributed by atoms with Crippen LogP contribution in [0.25, 0.3) is 0 Å². The zero-order chi connectivity index (χ0) is 17.6. The third kappa shape index (κ3) is 5.71. The number of piperazine rings is 1. The largest absolute Gasteiger partial charge is 0.368 e. The van der Waals surface area contributed by atoms with E-state index in [-0.39, 0.29) is 18.4 Å². The molecule has 3 nitrogen and oxygen atoms in total. The van der Waals surface area contributed by atoms with E-state index < -0.39 is 0 Å². The lowest BCUT2D eigenvalue weighted by atomic mass is 10.0. The summed E-state index contributed by atoms with van der Waals surface area (Å²) in [5.74, 6) is 0. The van der Waals surface area contributed by atoms with Crippen molar-refractivity contribution in [2.75, 3.05) is 31.1 Å². The van der Waals surface area contributed by atoms with Crippen molar-refractivity contribution < 1.29 is 0 Å². The molecular formula is C21H29BrClN3. The topological polar surface area (TPSA) is 32.5 Å². The maximum absolute atomic E-state index is 6.08. The van der Waals surface area contributed by atoms with Crippen LogP contribution in [0.5, 0.6) is 0 Å². The molecule has 1 fully saturated rings. The Morgan fingerprint density at radius 1 is 1.00 bits per heavy atom. The van der Waals surface area contributed by atoms with Gasteiger partial charge in [-0.1, -0.05) is 43.3 Å². The quantitative estimate of drug-likeness (QED) is 0.722. The van der Waals surface area contributed by atoms with E-state index in [1.54, 1.807) is 0 Å². The Kier molecular flexibility index (Phi) is 8.42. The van der Waals surface area contributed by atoms with E-state index in [4.69, 9.17) is 5.73 Å². The van der Waals surface area contributed by atoms with Crippen LogP contribution in [0.15, 0.2) is 53.0 Å². The lowest BCUT2D eigenvalue weighted by Gasteiger charge is -2.36. The molecule has 0 bridgehead atoms. The highest BCUT2D eigenvalue weighted by Gasteiger charge is 2.19. The molecule has 5 heteroatoms. The third-order valence-corrected chi connectivity index (χ3v) is 5.63. The Labute approximate surface area is 172 Å². The van der Waals surface area contributed by atoms with Crippen molar-refractivity contribution >= 4 is 34.0 Å². The zero-order valence-electron chi connectivity index (χ0n) is 15.4. The second-order valence-electron chi connectivity index (χ2n) is 6.91. The number of anilines is 1. The lowest BCUT2D eigenvalue weighted by molar-refractivity contribution is 0.250. The molecule has 142 valence electrons. The third-order valence-electron chi connectivity index (χ3n) is 5.00. The Morgan fingerprint density at radius 3 is 2.31 bits per heavy atom. The van der Waals surface area contributed by atoms with Crippen molar-refractivity contribution in [2.24, 2.45) is 5.73 Å². The van der Waals surface area contributed by atoms with Crippen molar-refractivity contribution in [3.05, 3.63) is 64.1 Å². The summed E-state index contributed by atoms with van der Waals surface area (Å²) in [5.41, 5.74) is 10.1. The fraction of sp³-hybridized carbons (Fsp3) is 0.429. The number of halogens is 2. The highest BCUT2D eigenvalue weighted by atomic mass is 79.9. The molecule has 2 N–H and O–H groups in total. The van der Waals surface area contributed by atoms with Crippen LogP contribution in [-0.4, -0.2) is 37.1 Å². The predicted molar refractivity (Wildman–Crippen MR) is 117 cm³/mol. The summed E-state index contributed by atoms with van der Waals surface area (Å²) >= 11 is 3.77. The van der Waals surface area contributed by atoms with Crippen LogP contribution < -0.4 is 10.6 Å². The first-order valence-electron chi connectivity index (χ1n) is 9.21. The molecule has 0 aromatic heterocycles. The average Bonchev–Trinajstić information content (AvgIpc) is 2.63. The molecule has 0 aliphatic carbocycles. The Balaban J connectivity index is 0.00000243. The van der Waals surface area contributed by atoms with Gasteiger partial charge in [-0.25, -0.2) is 0 Å².